The number of hydrogen-bond acceptors (Lipinski definition) is 4. The van der Waals surface area contributed by atoms with E-state index in [1.807, 2.05) is 31.7 Å². The average Bonchev–Trinajstić information content (AvgIpc) is 3.57. The Bertz CT molecular complexity index is 1300. The maximum absolute atomic E-state index is 13.0. The molecule has 6 heteroatoms. The number of aromatic nitrogens is 2. The highest BCUT2D eigenvalue weighted by molar-refractivity contribution is 5.81. The highest BCUT2D eigenvalue weighted by Crippen LogP contribution is 2.47. The molecule has 4 unspecified atom stereocenters. The maximum atomic E-state index is 13.0. The van der Waals surface area contributed by atoms with Crippen LogP contribution >= 0.6 is 0 Å². The van der Waals surface area contributed by atoms with Gasteiger partial charge in [0, 0.05) is 42.5 Å². The van der Waals surface area contributed by atoms with Gasteiger partial charge in [0.1, 0.15) is 5.82 Å². The monoisotopic (exact) mass is 514 g/mol. The highest BCUT2D eigenvalue weighted by Gasteiger charge is 2.51. The molecule has 0 saturated carbocycles. The molecule has 6 nitrogen and oxygen atoms in total. The van der Waals surface area contributed by atoms with E-state index in [-0.39, 0.29) is 16.7 Å². The largest absolute Gasteiger partial charge is 0.391 e. The van der Waals surface area contributed by atoms with Gasteiger partial charge in [-0.3, -0.25) is 9.69 Å². The molecule has 3 aliphatic rings. The Morgan fingerprint density at radius 3 is 2.42 bits per heavy atom. The van der Waals surface area contributed by atoms with Crippen molar-refractivity contribution in [2.24, 2.45) is 5.41 Å². The summed E-state index contributed by atoms with van der Waals surface area (Å²) in [4.78, 5) is 22.5. The van der Waals surface area contributed by atoms with Crippen LogP contribution in [0, 0.1) is 12.3 Å². The van der Waals surface area contributed by atoms with E-state index in [0.717, 1.165) is 30.6 Å². The van der Waals surface area contributed by atoms with E-state index in [4.69, 9.17) is 4.98 Å². The zero-order valence-corrected chi connectivity index (χ0v) is 23.3. The van der Waals surface area contributed by atoms with Crippen LogP contribution in [0.15, 0.2) is 54.6 Å². The summed E-state index contributed by atoms with van der Waals surface area (Å²) < 4.78 is 2.46. The van der Waals surface area contributed by atoms with Gasteiger partial charge in [-0.25, -0.2) is 4.98 Å². The number of fused-ring (bicyclic) bond motifs is 3. The Morgan fingerprint density at radius 2 is 1.71 bits per heavy atom. The second-order valence-electron chi connectivity index (χ2n) is 12.9. The second-order valence-corrected chi connectivity index (χ2v) is 12.9. The third kappa shape index (κ3) is 4.17. The first kappa shape index (κ1) is 25.6. The van der Waals surface area contributed by atoms with Crippen LogP contribution in [0.5, 0.6) is 0 Å². The molecule has 2 bridgehead atoms. The van der Waals surface area contributed by atoms with Gasteiger partial charge in [0.2, 0.25) is 5.91 Å². The van der Waals surface area contributed by atoms with Gasteiger partial charge in [-0.1, -0.05) is 63.2 Å². The van der Waals surface area contributed by atoms with Crippen molar-refractivity contribution in [3.05, 3.63) is 66.0 Å². The van der Waals surface area contributed by atoms with Crippen molar-refractivity contribution in [1.29, 1.82) is 0 Å². The van der Waals surface area contributed by atoms with E-state index < -0.39 is 6.10 Å². The highest BCUT2D eigenvalue weighted by atomic mass is 16.3. The van der Waals surface area contributed by atoms with Gasteiger partial charge >= 0.3 is 0 Å². The standard InChI is InChI=1S/C32H42N4O2/c1-22-33-25-12-8-9-13-26(25)36(22)28-20-24-14-15-27(28)35(24)21-29(37)32(23-10-6-5-7-11-23)16-18-34(19-17-32)30(38)31(2,3)4/h5-13,24,27-29,37H,14-21H2,1-4H3. The van der Waals surface area contributed by atoms with Gasteiger partial charge in [0.25, 0.3) is 0 Å². The number of amides is 1. The van der Waals surface area contributed by atoms with E-state index in [0.29, 0.717) is 37.8 Å². The number of imidazole rings is 1. The van der Waals surface area contributed by atoms with Crippen molar-refractivity contribution in [3.63, 3.8) is 0 Å². The molecule has 2 aromatic carbocycles. The predicted octanol–water partition coefficient (Wildman–Crippen LogP) is 5.09. The number of nitrogens with zero attached hydrogens (tertiary/aromatic N) is 4. The minimum Gasteiger partial charge on any atom is -0.391 e. The van der Waals surface area contributed by atoms with Gasteiger partial charge in [-0.2, -0.15) is 0 Å². The van der Waals surface area contributed by atoms with Crippen molar-refractivity contribution in [3.8, 4) is 0 Å². The molecule has 0 radical (unpaired) electrons. The topological polar surface area (TPSA) is 61.6 Å². The van der Waals surface area contributed by atoms with E-state index >= 15 is 0 Å². The number of piperidine rings is 1. The third-order valence-corrected chi connectivity index (χ3v) is 9.71. The Kier molecular flexibility index (Phi) is 6.39. The molecule has 202 valence electrons. The van der Waals surface area contributed by atoms with E-state index in [2.05, 4.69) is 64.9 Å². The van der Waals surface area contributed by atoms with Crippen molar-refractivity contribution >= 4 is 16.9 Å². The fourth-order valence-electron chi connectivity index (χ4n) is 7.76. The zero-order valence-electron chi connectivity index (χ0n) is 23.3. The summed E-state index contributed by atoms with van der Waals surface area (Å²) in [5, 5.41) is 12.1. The van der Waals surface area contributed by atoms with Gasteiger partial charge in [-0.15, -0.1) is 0 Å². The number of aliphatic hydroxyl groups excluding tert-OH is 1. The van der Waals surface area contributed by atoms with Crippen LogP contribution in [0.4, 0.5) is 0 Å². The third-order valence-electron chi connectivity index (χ3n) is 9.71. The molecule has 0 spiro atoms. The van der Waals surface area contributed by atoms with Crippen molar-refractivity contribution in [2.75, 3.05) is 19.6 Å². The van der Waals surface area contributed by atoms with E-state index in [1.165, 1.54) is 23.9 Å². The zero-order chi connectivity index (χ0) is 26.7. The molecule has 3 aromatic rings. The molecule has 6 rings (SSSR count). The molecule has 0 aliphatic carbocycles. The van der Waals surface area contributed by atoms with Gasteiger partial charge in [-0.05, 0) is 56.7 Å². The molecule has 3 fully saturated rings. The Morgan fingerprint density at radius 1 is 1.03 bits per heavy atom. The number of likely N-dealkylation sites (tertiary alicyclic amines) is 1. The first-order chi connectivity index (χ1) is 18.2. The Hall–Kier alpha value is -2.70. The first-order valence-corrected chi connectivity index (χ1v) is 14.4. The fraction of sp³-hybridized carbons (Fsp3) is 0.562. The predicted molar refractivity (Wildman–Crippen MR) is 151 cm³/mol. The summed E-state index contributed by atoms with van der Waals surface area (Å²) in [6.07, 6.45) is 4.58. The molecular weight excluding hydrogens is 472 g/mol. The second kappa shape index (κ2) is 9.49. The number of para-hydroxylation sites is 2. The van der Waals surface area contributed by atoms with Crippen LogP contribution in [0.1, 0.15) is 70.3 Å². The lowest BCUT2D eigenvalue weighted by Crippen LogP contribution is -2.55. The minimum atomic E-state index is -0.487. The molecule has 4 heterocycles. The van der Waals surface area contributed by atoms with Crippen LogP contribution in [0.2, 0.25) is 0 Å². The van der Waals surface area contributed by atoms with Crippen LogP contribution in [0.3, 0.4) is 0 Å². The fourth-order valence-corrected chi connectivity index (χ4v) is 7.76. The number of hydrogen-bond donors (Lipinski definition) is 1. The first-order valence-electron chi connectivity index (χ1n) is 14.4. The number of aryl methyl sites for hydroxylation is 1. The van der Waals surface area contributed by atoms with Crippen LogP contribution in [0.25, 0.3) is 11.0 Å². The molecule has 1 aromatic heterocycles. The molecule has 3 saturated heterocycles. The molecule has 38 heavy (non-hydrogen) atoms. The lowest BCUT2D eigenvalue weighted by Gasteiger charge is -2.47. The molecule has 4 atom stereocenters. The number of carbonyl (C=O) groups is 1. The molecular formula is C32H42N4O2. The summed E-state index contributed by atoms with van der Waals surface area (Å²) in [7, 11) is 0. The van der Waals surface area contributed by atoms with Crippen molar-refractivity contribution in [1.82, 2.24) is 19.4 Å². The van der Waals surface area contributed by atoms with Gasteiger partial charge in [0.05, 0.1) is 23.2 Å². The Labute approximate surface area is 226 Å². The summed E-state index contributed by atoms with van der Waals surface area (Å²) in [5.41, 5.74) is 2.77. The van der Waals surface area contributed by atoms with E-state index in [1.54, 1.807) is 0 Å². The van der Waals surface area contributed by atoms with Crippen LogP contribution < -0.4 is 0 Å². The Balaban J connectivity index is 1.25. The normalized spacial score (nSPS) is 26.2. The van der Waals surface area contributed by atoms with E-state index in [9.17, 15) is 9.90 Å². The summed E-state index contributed by atoms with van der Waals surface area (Å²) in [6, 6.07) is 20.3. The summed E-state index contributed by atoms with van der Waals surface area (Å²) >= 11 is 0. The number of benzene rings is 2. The van der Waals surface area contributed by atoms with Crippen LogP contribution in [-0.2, 0) is 10.2 Å². The van der Waals surface area contributed by atoms with Gasteiger partial charge in [0.15, 0.2) is 0 Å². The SMILES string of the molecule is Cc1nc2ccccc2n1C1CC2CCC1N2CC(O)C1(c2ccccc2)CCN(C(=O)C(C)(C)C)CC1. The molecule has 3 aliphatic heterocycles. The lowest BCUT2D eigenvalue weighted by atomic mass is 9.68. The summed E-state index contributed by atoms with van der Waals surface area (Å²) in [6.45, 7) is 10.2. The quantitative estimate of drug-likeness (QED) is 0.515. The lowest BCUT2D eigenvalue weighted by molar-refractivity contribution is -0.142. The maximum Gasteiger partial charge on any atom is 0.227 e. The van der Waals surface area contributed by atoms with Crippen LogP contribution in [-0.4, -0.2) is 68.2 Å². The average molecular weight is 515 g/mol. The van der Waals surface area contributed by atoms with Crippen molar-refractivity contribution in [2.45, 2.75) is 89.4 Å². The van der Waals surface area contributed by atoms with Crippen molar-refractivity contribution < 1.29 is 9.90 Å². The smallest absolute Gasteiger partial charge is 0.227 e. The number of aliphatic hydroxyl groups is 1. The molecule has 1 amide bonds. The minimum absolute atomic E-state index is 0.206. The molecule has 1 N–H and O–H groups in total. The number of carbonyl (C=O) groups excluding carboxylic acids is 1. The van der Waals surface area contributed by atoms with Gasteiger partial charge < -0.3 is 14.6 Å². The number of rotatable bonds is 5. The summed E-state index contributed by atoms with van der Waals surface area (Å²) in [5.74, 6) is 1.29.